The van der Waals surface area contributed by atoms with E-state index < -0.39 is 0 Å². The monoisotopic (exact) mass is 411 g/mol. The molecule has 2 aliphatic rings. The van der Waals surface area contributed by atoms with Crippen molar-refractivity contribution in [3.8, 4) is 22.6 Å². The molecule has 1 saturated heterocycles. The van der Waals surface area contributed by atoms with Crippen LogP contribution in [-0.4, -0.2) is 28.0 Å². The summed E-state index contributed by atoms with van der Waals surface area (Å²) in [6.45, 7) is 4.43. The van der Waals surface area contributed by atoms with E-state index in [4.69, 9.17) is 4.42 Å². The van der Waals surface area contributed by atoms with Crippen molar-refractivity contribution in [3.63, 3.8) is 0 Å². The van der Waals surface area contributed by atoms with Gasteiger partial charge in [-0.05, 0) is 86.1 Å². The molecule has 156 valence electrons. The van der Waals surface area contributed by atoms with Crippen LogP contribution in [0.5, 0.6) is 0 Å². The van der Waals surface area contributed by atoms with Gasteiger partial charge in [-0.1, -0.05) is 12.1 Å². The lowest BCUT2D eigenvalue weighted by atomic mass is 9.99. The van der Waals surface area contributed by atoms with E-state index in [-0.39, 0.29) is 5.43 Å². The van der Waals surface area contributed by atoms with Crippen LogP contribution in [0.2, 0.25) is 0 Å². The Balaban J connectivity index is 1.43. The molecule has 1 unspecified atom stereocenters. The Morgan fingerprint density at radius 2 is 2.00 bits per heavy atom. The third-order valence-electron chi connectivity index (χ3n) is 6.96. The lowest BCUT2D eigenvalue weighted by Gasteiger charge is -2.24. The van der Waals surface area contributed by atoms with Crippen LogP contribution in [0.4, 0.5) is 0 Å². The second kappa shape index (κ2) is 7.20. The van der Waals surface area contributed by atoms with Crippen LogP contribution in [0.15, 0.2) is 58.2 Å². The molecule has 0 radical (unpaired) electrons. The average molecular weight is 412 g/mol. The summed E-state index contributed by atoms with van der Waals surface area (Å²) < 4.78 is 5.45. The number of aryl methyl sites for hydroxylation is 2. The van der Waals surface area contributed by atoms with Crippen molar-refractivity contribution in [1.29, 1.82) is 0 Å². The summed E-state index contributed by atoms with van der Waals surface area (Å²) in [6, 6.07) is 12.9. The second-order valence-corrected chi connectivity index (χ2v) is 8.84. The maximum Gasteiger partial charge on any atom is 0.190 e. The number of oxazole rings is 1. The SMILES string of the molecule is Cc1cc2[nH]c(-c3ccc4c(c3)C(N3CCCC3)CC4)cc(=O)c2cc1-c1cnco1. The zero-order valence-corrected chi connectivity index (χ0v) is 17.6. The highest BCUT2D eigenvalue weighted by molar-refractivity contribution is 5.87. The Bertz CT molecular complexity index is 1330. The van der Waals surface area contributed by atoms with E-state index >= 15 is 0 Å². The molecule has 1 aliphatic carbocycles. The first kappa shape index (κ1) is 18.6. The molecule has 0 spiro atoms. The Kier molecular flexibility index (Phi) is 4.32. The van der Waals surface area contributed by atoms with Crippen LogP contribution in [0.3, 0.4) is 0 Å². The molecule has 5 nitrogen and oxygen atoms in total. The number of nitrogens with zero attached hydrogens (tertiary/aromatic N) is 2. The first-order valence-corrected chi connectivity index (χ1v) is 11.1. The maximum absolute atomic E-state index is 13.0. The minimum Gasteiger partial charge on any atom is -0.444 e. The van der Waals surface area contributed by atoms with Crippen LogP contribution in [0, 0.1) is 6.92 Å². The van der Waals surface area contributed by atoms with E-state index in [1.807, 2.05) is 19.1 Å². The Hall–Kier alpha value is -3.18. The predicted molar refractivity (Wildman–Crippen MR) is 122 cm³/mol. The zero-order valence-electron chi connectivity index (χ0n) is 17.6. The summed E-state index contributed by atoms with van der Waals surface area (Å²) in [5.74, 6) is 0.675. The first-order valence-electron chi connectivity index (χ1n) is 11.1. The Morgan fingerprint density at radius 3 is 2.81 bits per heavy atom. The van der Waals surface area contributed by atoms with Crippen molar-refractivity contribution in [2.75, 3.05) is 13.1 Å². The number of rotatable bonds is 3. The normalized spacial score (nSPS) is 18.7. The number of aromatic nitrogens is 2. The third-order valence-corrected chi connectivity index (χ3v) is 6.96. The summed E-state index contributed by atoms with van der Waals surface area (Å²) >= 11 is 0. The van der Waals surface area contributed by atoms with Gasteiger partial charge in [-0.2, -0.15) is 0 Å². The number of likely N-dealkylation sites (tertiary alicyclic amines) is 1. The van der Waals surface area contributed by atoms with E-state index in [1.54, 1.807) is 12.3 Å². The molecule has 3 heterocycles. The number of aromatic amines is 1. The zero-order chi connectivity index (χ0) is 20.9. The number of pyridine rings is 1. The average Bonchev–Trinajstić information content (AvgIpc) is 3.53. The van der Waals surface area contributed by atoms with E-state index in [1.165, 1.54) is 49.9 Å². The molecule has 31 heavy (non-hydrogen) atoms. The Morgan fingerprint density at radius 1 is 1.13 bits per heavy atom. The smallest absolute Gasteiger partial charge is 0.190 e. The summed E-state index contributed by atoms with van der Waals surface area (Å²) in [5.41, 5.74) is 7.66. The van der Waals surface area contributed by atoms with Crippen molar-refractivity contribution in [1.82, 2.24) is 14.9 Å². The number of benzene rings is 2. The minimum absolute atomic E-state index is 0.0149. The fourth-order valence-corrected chi connectivity index (χ4v) is 5.36. The summed E-state index contributed by atoms with van der Waals surface area (Å²) in [6.07, 6.45) is 8.05. The van der Waals surface area contributed by atoms with E-state index in [0.29, 0.717) is 17.2 Å². The molecule has 0 amide bonds. The quantitative estimate of drug-likeness (QED) is 0.501. The summed E-state index contributed by atoms with van der Waals surface area (Å²) in [7, 11) is 0. The number of fused-ring (bicyclic) bond motifs is 2. The number of nitrogens with one attached hydrogen (secondary N) is 1. The maximum atomic E-state index is 13.0. The molecule has 1 N–H and O–H groups in total. The Labute approximate surface area is 180 Å². The molecule has 1 aliphatic heterocycles. The van der Waals surface area contributed by atoms with Gasteiger partial charge in [0.2, 0.25) is 0 Å². The first-order chi connectivity index (χ1) is 15.2. The largest absolute Gasteiger partial charge is 0.444 e. The molecule has 1 fully saturated rings. The van der Waals surface area contributed by atoms with Crippen LogP contribution in [0.1, 0.15) is 42.0 Å². The number of hydrogen-bond donors (Lipinski definition) is 1. The molecule has 0 bridgehead atoms. The molecule has 6 rings (SSSR count). The van der Waals surface area contributed by atoms with E-state index in [0.717, 1.165) is 34.3 Å². The van der Waals surface area contributed by atoms with Gasteiger partial charge in [-0.15, -0.1) is 0 Å². The summed E-state index contributed by atoms with van der Waals surface area (Å²) in [4.78, 5) is 23.2. The van der Waals surface area contributed by atoms with Crippen LogP contribution in [-0.2, 0) is 6.42 Å². The van der Waals surface area contributed by atoms with Gasteiger partial charge in [0.05, 0.1) is 11.7 Å². The summed E-state index contributed by atoms with van der Waals surface area (Å²) in [5, 5.41) is 0.664. The van der Waals surface area contributed by atoms with Gasteiger partial charge < -0.3 is 9.40 Å². The molecule has 0 saturated carbocycles. The van der Waals surface area contributed by atoms with Crippen LogP contribution in [0.25, 0.3) is 33.5 Å². The van der Waals surface area contributed by atoms with Gasteiger partial charge >= 0.3 is 0 Å². The minimum atomic E-state index is 0.0149. The topological polar surface area (TPSA) is 62.1 Å². The lowest BCUT2D eigenvalue weighted by Crippen LogP contribution is -2.23. The standard InChI is InChI=1S/C26H25N3O2/c1-16-10-23-21(12-19(16)26-14-27-15-31-26)25(30)13-22(28-23)18-5-4-17-6-7-24(20(17)11-18)29-8-2-3-9-29/h4-5,10-15,24H,2-3,6-9H2,1H3,(H,28,30). The molecule has 5 heteroatoms. The van der Waals surface area contributed by atoms with Crippen molar-refractivity contribution in [3.05, 3.63) is 75.9 Å². The number of H-pyrrole nitrogens is 1. The van der Waals surface area contributed by atoms with Crippen molar-refractivity contribution in [2.24, 2.45) is 0 Å². The lowest BCUT2D eigenvalue weighted by molar-refractivity contribution is 0.245. The third kappa shape index (κ3) is 3.12. The van der Waals surface area contributed by atoms with Gasteiger partial charge in [-0.3, -0.25) is 9.69 Å². The molecule has 2 aromatic carbocycles. The predicted octanol–water partition coefficient (Wildman–Crippen LogP) is 5.24. The van der Waals surface area contributed by atoms with E-state index in [9.17, 15) is 4.79 Å². The van der Waals surface area contributed by atoms with Gasteiger partial charge in [0, 0.05) is 28.8 Å². The molecule has 4 aromatic rings. The van der Waals surface area contributed by atoms with Gasteiger partial charge in [0.1, 0.15) is 0 Å². The molecular formula is C26H25N3O2. The van der Waals surface area contributed by atoms with E-state index in [2.05, 4.69) is 33.1 Å². The molecule has 2 aromatic heterocycles. The molecule has 1 atom stereocenters. The number of hydrogen-bond acceptors (Lipinski definition) is 4. The van der Waals surface area contributed by atoms with Gasteiger partial charge in [-0.25, -0.2) is 4.98 Å². The van der Waals surface area contributed by atoms with Crippen LogP contribution < -0.4 is 5.43 Å². The van der Waals surface area contributed by atoms with Crippen molar-refractivity contribution < 1.29 is 4.42 Å². The second-order valence-electron chi connectivity index (χ2n) is 8.84. The fourth-order valence-electron chi connectivity index (χ4n) is 5.36. The van der Waals surface area contributed by atoms with Gasteiger partial charge in [0.25, 0.3) is 0 Å². The molecular weight excluding hydrogens is 386 g/mol. The van der Waals surface area contributed by atoms with Crippen molar-refractivity contribution in [2.45, 2.75) is 38.6 Å². The fraction of sp³-hybridized carbons (Fsp3) is 0.308. The highest BCUT2D eigenvalue weighted by Gasteiger charge is 2.29. The van der Waals surface area contributed by atoms with Gasteiger partial charge in [0.15, 0.2) is 17.6 Å². The van der Waals surface area contributed by atoms with Crippen LogP contribution >= 0.6 is 0 Å². The highest BCUT2D eigenvalue weighted by atomic mass is 16.3. The highest BCUT2D eigenvalue weighted by Crippen LogP contribution is 2.39. The van der Waals surface area contributed by atoms with Crippen molar-refractivity contribution >= 4 is 10.9 Å².